The first kappa shape index (κ1) is 17.0. The van der Waals surface area contributed by atoms with Gasteiger partial charge in [0, 0.05) is 32.4 Å². The van der Waals surface area contributed by atoms with E-state index in [2.05, 4.69) is 9.88 Å². The first-order valence-electron chi connectivity index (χ1n) is 7.47. The third-order valence-electron chi connectivity index (χ3n) is 3.64. The van der Waals surface area contributed by atoms with Gasteiger partial charge in [-0.05, 0) is 19.1 Å². The van der Waals surface area contributed by atoms with Crippen LogP contribution >= 0.6 is 11.6 Å². The Morgan fingerprint density at radius 1 is 1.41 bits per heavy atom. The van der Waals surface area contributed by atoms with Gasteiger partial charge in [0.05, 0.1) is 30.8 Å². The number of halogens is 1. The van der Waals surface area contributed by atoms with Gasteiger partial charge in [0.25, 0.3) is 0 Å². The highest BCUT2D eigenvalue weighted by atomic mass is 35.5. The van der Waals surface area contributed by atoms with Crippen molar-refractivity contribution in [1.29, 1.82) is 0 Å². The molecule has 22 heavy (non-hydrogen) atoms. The van der Waals surface area contributed by atoms with Crippen LogP contribution in [0.25, 0.3) is 0 Å². The predicted octanol–water partition coefficient (Wildman–Crippen LogP) is 1.17. The molecular formula is C15H22ClN3O3. The molecule has 7 heteroatoms. The lowest BCUT2D eigenvalue weighted by atomic mass is 10.2. The molecule has 1 aliphatic rings. The van der Waals surface area contributed by atoms with E-state index in [1.807, 2.05) is 17.0 Å². The van der Waals surface area contributed by atoms with E-state index >= 15 is 0 Å². The molecule has 0 radical (unpaired) electrons. The fraction of sp³-hybridized carbons (Fsp3) is 0.600. The van der Waals surface area contributed by atoms with Gasteiger partial charge in [-0.2, -0.15) is 0 Å². The maximum absolute atomic E-state index is 12.1. The lowest BCUT2D eigenvalue weighted by Gasteiger charge is -2.35. The van der Waals surface area contributed by atoms with E-state index < -0.39 is 0 Å². The number of amides is 1. The average molecular weight is 328 g/mol. The minimum atomic E-state index is -0.222. The van der Waals surface area contributed by atoms with Crippen LogP contribution in [-0.4, -0.2) is 66.4 Å². The minimum absolute atomic E-state index is 0.0268. The molecule has 0 saturated carbocycles. The third-order valence-corrected chi connectivity index (χ3v) is 3.87. The number of pyridine rings is 1. The number of piperazine rings is 1. The molecule has 0 aromatic carbocycles. The maximum atomic E-state index is 12.1. The highest BCUT2D eigenvalue weighted by Gasteiger charge is 2.21. The Hall–Kier alpha value is -1.37. The van der Waals surface area contributed by atoms with Crippen molar-refractivity contribution in [1.82, 2.24) is 9.88 Å². The van der Waals surface area contributed by atoms with Crippen molar-refractivity contribution in [2.45, 2.75) is 19.4 Å². The largest absolute Gasteiger partial charge is 0.394 e. The highest BCUT2D eigenvalue weighted by molar-refractivity contribution is 6.30. The summed E-state index contributed by atoms with van der Waals surface area (Å²) in [6.07, 6.45) is 1.76. The van der Waals surface area contributed by atoms with Crippen LogP contribution in [0.5, 0.6) is 0 Å². The number of hydrogen-bond acceptors (Lipinski definition) is 5. The molecule has 1 fully saturated rings. The Kier molecular flexibility index (Phi) is 6.42. The molecule has 1 aromatic heterocycles. The average Bonchev–Trinajstić information content (AvgIpc) is 2.55. The van der Waals surface area contributed by atoms with E-state index in [4.69, 9.17) is 21.4 Å². The smallest absolute Gasteiger partial charge is 0.225 e. The lowest BCUT2D eigenvalue weighted by Crippen LogP contribution is -2.49. The molecule has 1 amide bonds. The second-order valence-electron chi connectivity index (χ2n) is 5.32. The van der Waals surface area contributed by atoms with Crippen molar-refractivity contribution < 1.29 is 14.6 Å². The first-order chi connectivity index (χ1) is 10.6. The molecule has 2 heterocycles. The van der Waals surface area contributed by atoms with E-state index in [9.17, 15) is 4.79 Å². The molecule has 2 rings (SSSR count). The number of aliphatic hydroxyl groups is 1. The molecule has 1 N–H and O–H groups in total. The zero-order valence-electron chi connectivity index (χ0n) is 12.7. The topological polar surface area (TPSA) is 65.9 Å². The second-order valence-corrected chi connectivity index (χ2v) is 5.75. The Morgan fingerprint density at radius 2 is 2.14 bits per heavy atom. The fourth-order valence-corrected chi connectivity index (χ4v) is 2.41. The van der Waals surface area contributed by atoms with Crippen molar-refractivity contribution in [2.75, 3.05) is 44.3 Å². The summed E-state index contributed by atoms with van der Waals surface area (Å²) < 4.78 is 5.32. The highest BCUT2D eigenvalue weighted by Crippen LogP contribution is 2.16. The fourth-order valence-electron chi connectivity index (χ4n) is 2.30. The maximum Gasteiger partial charge on any atom is 0.225 e. The van der Waals surface area contributed by atoms with Gasteiger partial charge in [-0.25, -0.2) is 4.98 Å². The normalized spacial score (nSPS) is 16.7. The number of rotatable bonds is 6. The van der Waals surface area contributed by atoms with Crippen molar-refractivity contribution in [2.24, 2.45) is 0 Å². The number of aromatic nitrogens is 1. The Bertz CT molecular complexity index is 475. The van der Waals surface area contributed by atoms with Crippen molar-refractivity contribution in [3.05, 3.63) is 23.4 Å². The Balaban J connectivity index is 1.74. The van der Waals surface area contributed by atoms with Crippen LogP contribution in [0, 0.1) is 0 Å². The molecule has 122 valence electrons. The van der Waals surface area contributed by atoms with Crippen LogP contribution in [0.3, 0.4) is 0 Å². The van der Waals surface area contributed by atoms with Gasteiger partial charge in [-0.15, -0.1) is 0 Å². The van der Waals surface area contributed by atoms with Crippen LogP contribution in [0.2, 0.25) is 5.02 Å². The monoisotopic (exact) mass is 327 g/mol. The zero-order valence-corrected chi connectivity index (χ0v) is 13.5. The quantitative estimate of drug-likeness (QED) is 0.849. The molecule has 1 aromatic rings. The standard InChI is InChI=1S/C15H22ClN3O3/c1-12(11-20)22-9-4-15(21)19-7-5-18(6-8-19)14-3-2-13(16)10-17-14/h2-3,10,12,20H,4-9,11H2,1H3. The van der Waals surface area contributed by atoms with Gasteiger partial charge in [0.1, 0.15) is 5.82 Å². The molecule has 1 atom stereocenters. The van der Waals surface area contributed by atoms with Crippen molar-refractivity contribution >= 4 is 23.3 Å². The summed E-state index contributed by atoms with van der Waals surface area (Å²) in [5.41, 5.74) is 0. The van der Waals surface area contributed by atoms with Gasteiger partial charge < -0.3 is 19.6 Å². The van der Waals surface area contributed by atoms with Crippen LogP contribution < -0.4 is 4.90 Å². The van der Waals surface area contributed by atoms with E-state index in [-0.39, 0.29) is 18.6 Å². The van der Waals surface area contributed by atoms with Gasteiger partial charge in [0.2, 0.25) is 5.91 Å². The van der Waals surface area contributed by atoms with Crippen LogP contribution in [0.15, 0.2) is 18.3 Å². The summed E-state index contributed by atoms with van der Waals surface area (Å²) in [6.45, 7) is 4.97. The summed E-state index contributed by atoms with van der Waals surface area (Å²) in [7, 11) is 0. The molecule has 1 saturated heterocycles. The van der Waals surface area contributed by atoms with E-state index in [0.29, 0.717) is 31.1 Å². The number of carbonyl (C=O) groups excluding carboxylic acids is 1. The van der Waals surface area contributed by atoms with Crippen LogP contribution in [-0.2, 0) is 9.53 Å². The number of nitrogens with zero attached hydrogens (tertiary/aromatic N) is 3. The number of anilines is 1. The van der Waals surface area contributed by atoms with Crippen LogP contribution in [0.4, 0.5) is 5.82 Å². The van der Waals surface area contributed by atoms with E-state index in [0.717, 1.165) is 18.9 Å². The molecule has 1 aliphatic heterocycles. The van der Waals surface area contributed by atoms with Crippen molar-refractivity contribution in [3.63, 3.8) is 0 Å². The van der Waals surface area contributed by atoms with E-state index in [1.54, 1.807) is 13.1 Å². The summed E-state index contributed by atoms with van der Waals surface area (Å²) in [5.74, 6) is 0.977. The number of carbonyl (C=O) groups is 1. The molecule has 0 spiro atoms. The van der Waals surface area contributed by atoms with Gasteiger partial charge in [0.15, 0.2) is 0 Å². The summed E-state index contributed by atoms with van der Waals surface area (Å²) in [6, 6.07) is 3.71. The third kappa shape index (κ3) is 4.83. The number of hydrogen-bond donors (Lipinski definition) is 1. The Labute approximate surface area is 135 Å². The van der Waals surface area contributed by atoms with Gasteiger partial charge in [-0.3, -0.25) is 4.79 Å². The van der Waals surface area contributed by atoms with E-state index in [1.165, 1.54) is 0 Å². The van der Waals surface area contributed by atoms with Crippen LogP contribution in [0.1, 0.15) is 13.3 Å². The summed E-state index contributed by atoms with van der Waals surface area (Å²) in [4.78, 5) is 20.4. The zero-order chi connectivity index (χ0) is 15.9. The summed E-state index contributed by atoms with van der Waals surface area (Å²) >= 11 is 5.84. The molecule has 0 aliphatic carbocycles. The van der Waals surface area contributed by atoms with Gasteiger partial charge >= 0.3 is 0 Å². The lowest BCUT2D eigenvalue weighted by molar-refractivity contribution is -0.133. The Morgan fingerprint density at radius 3 is 2.73 bits per heavy atom. The predicted molar refractivity (Wildman–Crippen MR) is 85.2 cm³/mol. The SMILES string of the molecule is CC(CO)OCCC(=O)N1CCN(c2ccc(Cl)cn2)CC1. The van der Waals surface area contributed by atoms with Gasteiger partial charge in [-0.1, -0.05) is 11.6 Å². The minimum Gasteiger partial charge on any atom is -0.394 e. The molecular weight excluding hydrogens is 306 g/mol. The molecule has 0 bridgehead atoms. The number of aliphatic hydroxyl groups excluding tert-OH is 1. The van der Waals surface area contributed by atoms with Crippen molar-refractivity contribution in [3.8, 4) is 0 Å². The second kappa shape index (κ2) is 8.31. The summed E-state index contributed by atoms with van der Waals surface area (Å²) in [5, 5.41) is 9.48. The molecule has 1 unspecified atom stereocenters. The number of ether oxygens (including phenoxy) is 1. The molecule has 6 nitrogen and oxygen atoms in total. The first-order valence-corrected chi connectivity index (χ1v) is 7.84.